The van der Waals surface area contributed by atoms with Crippen LogP contribution in [0.2, 0.25) is 0 Å². The van der Waals surface area contributed by atoms with E-state index in [1.165, 1.54) is 0 Å². The van der Waals surface area contributed by atoms with Gasteiger partial charge in [-0.2, -0.15) is 0 Å². The number of esters is 1. The molecule has 0 fully saturated rings. The second-order valence-corrected chi connectivity index (χ2v) is 4.19. The molecular weight excluding hydrogens is 240 g/mol. The summed E-state index contributed by atoms with van der Waals surface area (Å²) in [7, 11) is 1.61. The molecule has 1 aliphatic heterocycles. The maximum absolute atomic E-state index is 11.9. The predicted molar refractivity (Wildman–Crippen MR) is 72.9 cm³/mol. The molecule has 0 amide bonds. The Morgan fingerprint density at radius 2 is 1.79 bits per heavy atom. The van der Waals surface area contributed by atoms with E-state index in [9.17, 15) is 4.79 Å². The maximum Gasteiger partial charge on any atom is 0.344 e. The van der Waals surface area contributed by atoms with E-state index in [1.807, 2.05) is 42.5 Å². The van der Waals surface area contributed by atoms with Gasteiger partial charge in [-0.1, -0.05) is 36.4 Å². The Morgan fingerprint density at radius 1 is 1.05 bits per heavy atom. The molecule has 1 aliphatic rings. The zero-order chi connectivity index (χ0) is 13.2. The highest BCUT2D eigenvalue weighted by molar-refractivity contribution is 6.26. The van der Waals surface area contributed by atoms with Crippen LogP contribution in [-0.4, -0.2) is 13.1 Å². The number of carbonyl (C=O) groups is 1. The van der Waals surface area contributed by atoms with Crippen LogP contribution in [0.5, 0.6) is 11.5 Å². The van der Waals surface area contributed by atoms with Gasteiger partial charge in [0.1, 0.15) is 11.5 Å². The van der Waals surface area contributed by atoms with Gasteiger partial charge in [0.05, 0.1) is 12.7 Å². The molecular formula is C16H12O3. The lowest BCUT2D eigenvalue weighted by atomic mass is 10.0. The smallest absolute Gasteiger partial charge is 0.344 e. The van der Waals surface area contributed by atoms with E-state index in [0.717, 1.165) is 16.9 Å². The van der Waals surface area contributed by atoms with E-state index in [4.69, 9.17) is 9.47 Å². The van der Waals surface area contributed by atoms with Crippen LogP contribution in [0, 0.1) is 0 Å². The van der Waals surface area contributed by atoms with Crippen LogP contribution in [0.15, 0.2) is 48.5 Å². The molecule has 0 saturated heterocycles. The average molecular weight is 252 g/mol. The predicted octanol–water partition coefficient (Wildman–Crippen LogP) is 3.15. The summed E-state index contributed by atoms with van der Waals surface area (Å²) >= 11 is 0. The molecule has 0 bridgehead atoms. The molecule has 2 aromatic carbocycles. The molecule has 0 atom stereocenters. The normalized spacial score (nSPS) is 15.2. The molecule has 3 rings (SSSR count). The van der Waals surface area contributed by atoms with Crippen molar-refractivity contribution in [2.75, 3.05) is 7.11 Å². The number of benzene rings is 2. The quantitative estimate of drug-likeness (QED) is 0.468. The zero-order valence-corrected chi connectivity index (χ0v) is 10.4. The minimum Gasteiger partial charge on any atom is -0.496 e. The summed E-state index contributed by atoms with van der Waals surface area (Å²) in [5, 5.41) is 0. The fourth-order valence-corrected chi connectivity index (χ4v) is 2.12. The Bertz CT molecular complexity index is 671. The monoisotopic (exact) mass is 252 g/mol. The Kier molecular flexibility index (Phi) is 2.80. The Morgan fingerprint density at radius 3 is 2.63 bits per heavy atom. The van der Waals surface area contributed by atoms with Crippen molar-refractivity contribution in [2.24, 2.45) is 0 Å². The van der Waals surface area contributed by atoms with Crippen molar-refractivity contribution in [1.29, 1.82) is 0 Å². The van der Waals surface area contributed by atoms with E-state index in [1.54, 1.807) is 19.3 Å². The summed E-state index contributed by atoms with van der Waals surface area (Å²) < 4.78 is 10.5. The molecule has 2 aromatic rings. The van der Waals surface area contributed by atoms with Crippen molar-refractivity contribution in [1.82, 2.24) is 0 Å². The van der Waals surface area contributed by atoms with Gasteiger partial charge < -0.3 is 9.47 Å². The summed E-state index contributed by atoms with van der Waals surface area (Å²) in [5.41, 5.74) is 2.23. The van der Waals surface area contributed by atoms with Crippen molar-refractivity contribution in [3.8, 4) is 11.5 Å². The number of ether oxygens (including phenoxy) is 2. The first-order chi connectivity index (χ1) is 9.29. The van der Waals surface area contributed by atoms with Crippen LogP contribution in [0.4, 0.5) is 0 Å². The van der Waals surface area contributed by atoms with Gasteiger partial charge in [-0.05, 0) is 18.2 Å². The molecule has 0 aliphatic carbocycles. The molecule has 0 saturated carbocycles. The minimum atomic E-state index is -0.327. The number of hydrogen-bond acceptors (Lipinski definition) is 3. The van der Waals surface area contributed by atoms with Crippen molar-refractivity contribution in [2.45, 2.75) is 0 Å². The first kappa shape index (κ1) is 11.5. The first-order valence-corrected chi connectivity index (χ1v) is 5.96. The van der Waals surface area contributed by atoms with Crippen molar-refractivity contribution in [3.63, 3.8) is 0 Å². The summed E-state index contributed by atoms with van der Waals surface area (Å²) in [6.45, 7) is 0. The molecule has 19 heavy (non-hydrogen) atoms. The second kappa shape index (κ2) is 4.61. The van der Waals surface area contributed by atoms with E-state index < -0.39 is 0 Å². The molecule has 94 valence electrons. The topological polar surface area (TPSA) is 35.5 Å². The van der Waals surface area contributed by atoms with Gasteiger partial charge in [-0.25, -0.2) is 4.79 Å². The zero-order valence-electron chi connectivity index (χ0n) is 10.4. The Hall–Kier alpha value is -2.55. The number of hydrogen-bond donors (Lipinski definition) is 0. The molecule has 1 heterocycles. The fraction of sp³-hybridized carbons (Fsp3) is 0.0625. The molecule has 3 heteroatoms. The highest BCUT2D eigenvalue weighted by atomic mass is 16.5. The number of fused-ring (bicyclic) bond motifs is 1. The number of rotatable bonds is 2. The molecule has 0 radical (unpaired) electrons. The lowest BCUT2D eigenvalue weighted by Crippen LogP contribution is -2.00. The van der Waals surface area contributed by atoms with Crippen molar-refractivity contribution in [3.05, 3.63) is 59.7 Å². The largest absolute Gasteiger partial charge is 0.496 e. The van der Waals surface area contributed by atoms with Gasteiger partial charge in [-0.15, -0.1) is 0 Å². The minimum absolute atomic E-state index is 0.327. The first-order valence-electron chi connectivity index (χ1n) is 5.96. The van der Waals surface area contributed by atoms with E-state index in [2.05, 4.69) is 0 Å². The molecule has 0 spiro atoms. The SMILES string of the molecule is COc1ccccc1C=C1C(=O)Oc2ccccc21. The summed E-state index contributed by atoms with van der Waals surface area (Å²) in [4.78, 5) is 11.9. The van der Waals surface area contributed by atoms with Gasteiger partial charge in [0, 0.05) is 11.1 Å². The Labute approximate surface area is 111 Å². The highest BCUT2D eigenvalue weighted by Crippen LogP contribution is 2.36. The average Bonchev–Trinajstić information content (AvgIpc) is 2.76. The van der Waals surface area contributed by atoms with E-state index in [-0.39, 0.29) is 5.97 Å². The van der Waals surface area contributed by atoms with E-state index >= 15 is 0 Å². The van der Waals surface area contributed by atoms with E-state index in [0.29, 0.717) is 11.3 Å². The van der Waals surface area contributed by atoms with Gasteiger partial charge in [0.15, 0.2) is 0 Å². The fourth-order valence-electron chi connectivity index (χ4n) is 2.12. The molecule has 0 unspecified atom stereocenters. The standard InChI is InChI=1S/C16H12O3/c1-18-14-8-4-2-6-11(14)10-13-12-7-3-5-9-15(12)19-16(13)17/h2-10H,1H3. The third kappa shape index (κ3) is 1.99. The maximum atomic E-state index is 11.9. The lowest BCUT2D eigenvalue weighted by molar-refractivity contribution is -0.126. The highest BCUT2D eigenvalue weighted by Gasteiger charge is 2.26. The molecule has 0 N–H and O–H groups in total. The van der Waals surface area contributed by atoms with Crippen molar-refractivity contribution >= 4 is 17.6 Å². The summed E-state index contributed by atoms with van der Waals surface area (Å²) in [6, 6.07) is 15.0. The van der Waals surface area contributed by atoms with Gasteiger partial charge in [-0.3, -0.25) is 0 Å². The van der Waals surface area contributed by atoms with Gasteiger partial charge in [0.25, 0.3) is 0 Å². The van der Waals surface area contributed by atoms with Crippen LogP contribution < -0.4 is 9.47 Å². The molecule has 0 aromatic heterocycles. The summed E-state index contributed by atoms with van der Waals surface area (Å²) in [5.74, 6) is 1.01. The van der Waals surface area contributed by atoms with Gasteiger partial charge in [0.2, 0.25) is 0 Å². The van der Waals surface area contributed by atoms with Crippen LogP contribution >= 0.6 is 0 Å². The third-order valence-electron chi connectivity index (χ3n) is 3.04. The van der Waals surface area contributed by atoms with Crippen LogP contribution in [0.25, 0.3) is 11.6 Å². The summed E-state index contributed by atoms with van der Waals surface area (Å²) in [6.07, 6.45) is 1.80. The number of para-hydroxylation sites is 2. The molecule has 3 nitrogen and oxygen atoms in total. The van der Waals surface area contributed by atoms with Crippen LogP contribution in [0.1, 0.15) is 11.1 Å². The number of methoxy groups -OCH3 is 1. The van der Waals surface area contributed by atoms with Gasteiger partial charge >= 0.3 is 5.97 Å². The third-order valence-corrected chi connectivity index (χ3v) is 3.04. The Balaban J connectivity index is 2.11. The van der Waals surface area contributed by atoms with Crippen molar-refractivity contribution < 1.29 is 14.3 Å². The lowest BCUT2D eigenvalue weighted by Gasteiger charge is -2.04. The van der Waals surface area contributed by atoms with Crippen LogP contribution in [0.3, 0.4) is 0 Å². The second-order valence-electron chi connectivity index (χ2n) is 4.19. The van der Waals surface area contributed by atoms with Crippen LogP contribution in [-0.2, 0) is 4.79 Å². The number of carbonyl (C=O) groups excluding carboxylic acids is 1.